The van der Waals surface area contributed by atoms with E-state index in [0.29, 0.717) is 19.6 Å². The number of hydrogen-bond acceptors (Lipinski definition) is 2. The summed E-state index contributed by atoms with van der Waals surface area (Å²) in [6.07, 6.45) is 0. The monoisotopic (exact) mass is 294 g/mol. The molecule has 1 aliphatic heterocycles. The zero-order valence-corrected chi connectivity index (χ0v) is 12.1. The van der Waals surface area contributed by atoms with Gasteiger partial charge in [0.15, 0.2) is 0 Å². The first kappa shape index (κ1) is 15.3. The van der Waals surface area contributed by atoms with Gasteiger partial charge in [0, 0.05) is 25.6 Å². The third-order valence-corrected chi connectivity index (χ3v) is 3.97. The molecular formula is C15H19FN2O3. The molecule has 0 aromatic heterocycles. The first-order chi connectivity index (χ1) is 9.95. The van der Waals surface area contributed by atoms with E-state index in [0.717, 1.165) is 0 Å². The van der Waals surface area contributed by atoms with Crippen molar-refractivity contribution in [3.05, 3.63) is 30.1 Å². The fraction of sp³-hybridized carbons (Fsp3) is 0.467. The van der Waals surface area contributed by atoms with Crippen LogP contribution in [0.1, 0.15) is 13.8 Å². The molecule has 1 aromatic rings. The van der Waals surface area contributed by atoms with Crippen molar-refractivity contribution in [3.8, 4) is 0 Å². The molecule has 5 nitrogen and oxygen atoms in total. The van der Waals surface area contributed by atoms with E-state index in [1.54, 1.807) is 36.9 Å². The van der Waals surface area contributed by atoms with E-state index in [4.69, 9.17) is 5.11 Å². The normalized spacial score (nSPS) is 16.2. The molecule has 2 amide bonds. The highest BCUT2D eigenvalue weighted by atomic mass is 19.1. The zero-order chi connectivity index (χ0) is 15.6. The number of nitrogens with zero attached hydrogens (tertiary/aromatic N) is 2. The first-order valence-corrected chi connectivity index (χ1v) is 6.99. The third-order valence-electron chi connectivity index (χ3n) is 3.97. The van der Waals surface area contributed by atoms with Crippen LogP contribution in [0.25, 0.3) is 0 Å². The molecule has 1 saturated heterocycles. The maximum absolute atomic E-state index is 13.8. The van der Waals surface area contributed by atoms with E-state index in [2.05, 4.69) is 0 Å². The quantitative estimate of drug-likeness (QED) is 0.927. The number of amides is 2. The molecule has 0 bridgehead atoms. The minimum atomic E-state index is -0.853. The molecule has 6 heteroatoms. The summed E-state index contributed by atoms with van der Waals surface area (Å²) in [5.41, 5.74) is 0.250. The van der Waals surface area contributed by atoms with Crippen LogP contribution in [0.3, 0.4) is 0 Å². The number of likely N-dealkylation sites (tertiary alicyclic amines) is 1. The van der Waals surface area contributed by atoms with Crippen molar-refractivity contribution in [1.29, 1.82) is 0 Å². The van der Waals surface area contributed by atoms with E-state index >= 15 is 0 Å². The molecule has 0 saturated carbocycles. The number of anilines is 1. The van der Waals surface area contributed by atoms with Crippen LogP contribution in [0.15, 0.2) is 24.3 Å². The smallest absolute Gasteiger partial charge is 0.324 e. The molecule has 0 spiro atoms. The van der Waals surface area contributed by atoms with Crippen molar-refractivity contribution in [2.75, 3.05) is 24.5 Å². The van der Waals surface area contributed by atoms with Gasteiger partial charge in [-0.2, -0.15) is 0 Å². The minimum Gasteiger partial charge on any atom is -0.481 e. The van der Waals surface area contributed by atoms with Crippen molar-refractivity contribution >= 4 is 17.7 Å². The summed E-state index contributed by atoms with van der Waals surface area (Å²) in [6.45, 7) is 4.58. The number of carboxylic acid groups (broad SMARTS) is 1. The largest absolute Gasteiger partial charge is 0.481 e. The fourth-order valence-corrected chi connectivity index (χ4v) is 2.44. The Labute approximate surface area is 123 Å². The molecule has 1 fully saturated rings. The van der Waals surface area contributed by atoms with Crippen LogP contribution in [-0.4, -0.2) is 41.6 Å². The summed E-state index contributed by atoms with van der Waals surface area (Å²) >= 11 is 0. The zero-order valence-electron chi connectivity index (χ0n) is 12.1. The Kier molecular flexibility index (Phi) is 4.45. The number of carbonyl (C=O) groups is 2. The summed E-state index contributed by atoms with van der Waals surface area (Å²) in [6, 6.07) is 5.85. The second-order valence-corrected chi connectivity index (χ2v) is 5.27. The molecule has 0 aliphatic carbocycles. The maximum Gasteiger partial charge on any atom is 0.324 e. The van der Waals surface area contributed by atoms with Gasteiger partial charge in [-0.05, 0) is 19.1 Å². The fourth-order valence-electron chi connectivity index (χ4n) is 2.44. The van der Waals surface area contributed by atoms with E-state index in [9.17, 15) is 14.0 Å². The van der Waals surface area contributed by atoms with Crippen LogP contribution in [0.4, 0.5) is 14.9 Å². The molecule has 1 heterocycles. The van der Waals surface area contributed by atoms with Crippen LogP contribution < -0.4 is 4.90 Å². The van der Waals surface area contributed by atoms with Gasteiger partial charge >= 0.3 is 12.0 Å². The number of carboxylic acids is 1. The number of para-hydroxylation sites is 1. The lowest BCUT2D eigenvalue weighted by Crippen LogP contribution is -2.57. The maximum atomic E-state index is 13.8. The summed E-state index contributed by atoms with van der Waals surface area (Å²) in [5.74, 6) is -1.81. The number of halogens is 1. The highest BCUT2D eigenvalue weighted by molar-refractivity contribution is 5.92. The van der Waals surface area contributed by atoms with E-state index in [1.165, 1.54) is 11.0 Å². The lowest BCUT2D eigenvalue weighted by molar-refractivity contribution is -0.144. The molecule has 114 valence electrons. The molecule has 1 N–H and O–H groups in total. The van der Waals surface area contributed by atoms with Crippen molar-refractivity contribution in [2.45, 2.75) is 13.8 Å². The molecule has 1 unspecified atom stereocenters. The van der Waals surface area contributed by atoms with Crippen LogP contribution in [-0.2, 0) is 4.79 Å². The van der Waals surface area contributed by atoms with E-state index in [-0.39, 0.29) is 17.6 Å². The summed E-state index contributed by atoms with van der Waals surface area (Å²) in [4.78, 5) is 26.2. The standard InChI is InChI=1S/C15H19FN2O3/c1-3-18(13-7-5-4-6-12(13)16)15(21)17-8-11(9-17)10(2)14(19)20/h4-7,10-11H,3,8-9H2,1-2H3,(H,19,20). The van der Waals surface area contributed by atoms with Crippen molar-refractivity contribution in [2.24, 2.45) is 11.8 Å². The predicted octanol–water partition coefficient (Wildman–Crippen LogP) is 2.42. The van der Waals surface area contributed by atoms with Gasteiger partial charge in [-0.25, -0.2) is 9.18 Å². The summed E-state index contributed by atoms with van der Waals surface area (Å²) in [5, 5.41) is 8.95. The third kappa shape index (κ3) is 2.99. The van der Waals surface area contributed by atoms with Crippen molar-refractivity contribution < 1.29 is 19.1 Å². The van der Waals surface area contributed by atoms with Crippen molar-refractivity contribution in [3.63, 3.8) is 0 Å². The predicted molar refractivity (Wildman–Crippen MR) is 76.7 cm³/mol. The first-order valence-electron chi connectivity index (χ1n) is 6.99. The Morgan fingerprint density at radius 2 is 2.05 bits per heavy atom. The van der Waals surface area contributed by atoms with E-state index < -0.39 is 17.7 Å². The molecular weight excluding hydrogens is 275 g/mol. The van der Waals surface area contributed by atoms with Gasteiger partial charge in [0.1, 0.15) is 5.82 Å². The van der Waals surface area contributed by atoms with Gasteiger partial charge in [0.25, 0.3) is 0 Å². The van der Waals surface area contributed by atoms with Gasteiger partial charge < -0.3 is 10.0 Å². The van der Waals surface area contributed by atoms with Gasteiger partial charge in [0.05, 0.1) is 11.6 Å². The Morgan fingerprint density at radius 1 is 1.43 bits per heavy atom. The molecule has 1 atom stereocenters. The SMILES string of the molecule is CCN(C(=O)N1CC(C(C)C(=O)O)C1)c1ccccc1F. The molecule has 21 heavy (non-hydrogen) atoms. The lowest BCUT2D eigenvalue weighted by atomic mass is 9.87. The highest BCUT2D eigenvalue weighted by Crippen LogP contribution is 2.27. The topological polar surface area (TPSA) is 60.9 Å². The van der Waals surface area contributed by atoms with Gasteiger partial charge in [-0.1, -0.05) is 19.1 Å². The van der Waals surface area contributed by atoms with Crippen LogP contribution in [0, 0.1) is 17.7 Å². The summed E-state index contributed by atoms with van der Waals surface area (Å²) in [7, 11) is 0. The number of rotatable bonds is 4. The minimum absolute atomic E-state index is 0.0363. The molecule has 2 rings (SSSR count). The number of benzene rings is 1. The van der Waals surface area contributed by atoms with Crippen LogP contribution in [0.2, 0.25) is 0 Å². The Bertz CT molecular complexity index is 543. The van der Waals surface area contributed by atoms with Crippen LogP contribution >= 0.6 is 0 Å². The van der Waals surface area contributed by atoms with Gasteiger partial charge in [0.2, 0.25) is 0 Å². The molecule has 1 aliphatic rings. The number of hydrogen-bond donors (Lipinski definition) is 1. The van der Waals surface area contributed by atoms with E-state index in [1.807, 2.05) is 0 Å². The second kappa shape index (κ2) is 6.11. The second-order valence-electron chi connectivity index (χ2n) is 5.27. The highest BCUT2D eigenvalue weighted by Gasteiger charge is 2.39. The molecule has 1 aromatic carbocycles. The van der Waals surface area contributed by atoms with Gasteiger partial charge in [-0.3, -0.25) is 9.69 Å². The number of aliphatic carboxylic acids is 1. The van der Waals surface area contributed by atoms with Crippen LogP contribution in [0.5, 0.6) is 0 Å². The number of carbonyl (C=O) groups excluding carboxylic acids is 1. The average Bonchev–Trinajstić information content (AvgIpc) is 2.39. The average molecular weight is 294 g/mol. The Morgan fingerprint density at radius 3 is 2.57 bits per heavy atom. The Balaban J connectivity index is 2.04. The Hall–Kier alpha value is -2.11. The summed E-state index contributed by atoms with van der Waals surface area (Å²) < 4.78 is 13.8. The van der Waals surface area contributed by atoms with Gasteiger partial charge in [-0.15, -0.1) is 0 Å². The lowest BCUT2D eigenvalue weighted by Gasteiger charge is -2.43. The van der Waals surface area contributed by atoms with Crippen molar-refractivity contribution in [1.82, 2.24) is 4.90 Å². The number of urea groups is 1. The molecule has 0 radical (unpaired) electrons.